The molecule has 0 spiro atoms. The van der Waals surface area contributed by atoms with E-state index in [1.807, 2.05) is 13.8 Å². The highest BCUT2D eigenvalue weighted by Gasteiger charge is 2.27. The van der Waals surface area contributed by atoms with Gasteiger partial charge in [-0.05, 0) is 19.3 Å². The molecular formula is C19H30O5. The van der Waals surface area contributed by atoms with Crippen LogP contribution in [0, 0.1) is 0 Å². The first-order valence-corrected chi connectivity index (χ1v) is 8.95. The minimum absolute atomic E-state index is 0.222. The Morgan fingerprint density at radius 3 is 2.04 bits per heavy atom. The number of unbranched alkanes of at least 4 members (excludes halogenated alkanes) is 3. The topological polar surface area (TPSA) is 87.0 Å². The van der Waals surface area contributed by atoms with Gasteiger partial charge in [0.25, 0.3) is 0 Å². The van der Waals surface area contributed by atoms with Crippen LogP contribution in [0.5, 0.6) is 17.2 Å². The van der Waals surface area contributed by atoms with Gasteiger partial charge in [0.15, 0.2) is 11.5 Å². The van der Waals surface area contributed by atoms with E-state index in [4.69, 9.17) is 4.74 Å². The van der Waals surface area contributed by atoms with Crippen LogP contribution in [0.3, 0.4) is 0 Å². The fourth-order valence-corrected chi connectivity index (χ4v) is 2.89. The van der Waals surface area contributed by atoms with Crippen LogP contribution in [0.25, 0.3) is 0 Å². The van der Waals surface area contributed by atoms with Gasteiger partial charge >= 0.3 is 5.97 Å². The van der Waals surface area contributed by atoms with E-state index in [1.54, 1.807) is 0 Å². The smallest absolute Gasteiger partial charge is 0.343 e. The van der Waals surface area contributed by atoms with Crippen LogP contribution in [0.4, 0.5) is 0 Å². The van der Waals surface area contributed by atoms with Crippen LogP contribution < -0.4 is 4.74 Å². The summed E-state index contributed by atoms with van der Waals surface area (Å²) in [5, 5.41) is 29.9. The van der Waals surface area contributed by atoms with Crippen LogP contribution in [0.15, 0.2) is 0 Å². The lowest BCUT2D eigenvalue weighted by Crippen LogP contribution is -2.10. The second kappa shape index (κ2) is 10.1. The third-order valence-corrected chi connectivity index (χ3v) is 4.07. The number of aromatic hydroxyl groups is 2. The summed E-state index contributed by atoms with van der Waals surface area (Å²) in [5.74, 6) is -1.98. The molecule has 5 heteroatoms. The summed E-state index contributed by atoms with van der Waals surface area (Å²) in [5.41, 5.74) is 0.985. The van der Waals surface area contributed by atoms with Gasteiger partial charge in [0, 0.05) is 11.1 Å². The molecule has 0 saturated carbocycles. The maximum absolute atomic E-state index is 11.6. The zero-order valence-corrected chi connectivity index (χ0v) is 15.0. The van der Waals surface area contributed by atoms with Crippen molar-refractivity contribution in [1.29, 1.82) is 0 Å². The van der Waals surface area contributed by atoms with Gasteiger partial charge in [0.1, 0.15) is 11.3 Å². The Labute approximate surface area is 144 Å². The molecule has 0 aromatic heterocycles. The average Bonchev–Trinajstić information content (AvgIpc) is 2.54. The maximum Gasteiger partial charge on any atom is 0.343 e. The van der Waals surface area contributed by atoms with Gasteiger partial charge in [0.05, 0.1) is 6.61 Å². The van der Waals surface area contributed by atoms with E-state index in [2.05, 4.69) is 6.92 Å². The van der Waals surface area contributed by atoms with Crippen LogP contribution in [-0.2, 0) is 12.8 Å². The summed E-state index contributed by atoms with van der Waals surface area (Å²) in [6.45, 7) is 6.50. The SMILES string of the molecule is CCCCCCOc1c(CCC)c(CCC)c(O)c(O)c1C(=O)O. The fraction of sp³-hybridized carbons (Fsp3) is 0.632. The number of phenols is 2. The molecule has 0 aliphatic rings. The molecule has 0 saturated heterocycles. The number of ether oxygens (including phenoxy) is 1. The first kappa shape index (κ1) is 20.1. The largest absolute Gasteiger partial charge is 0.504 e. The third kappa shape index (κ3) is 4.79. The Hall–Kier alpha value is -1.91. The summed E-state index contributed by atoms with van der Waals surface area (Å²) in [7, 11) is 0. The average molecular weight is 338 g/mol. The normalized spacial score (nSPS) is 10.8. The molecular weight excluding hydrogens is 308 g/mol. The lowest BCUT2D eigenvalue weighted by Gasteiger charge is -2.20. The maximum atomic E-state index is 11.6. The number of hydrogen-bond donors (Lipinski definition) is 3. The van der Waals surface area contributed by atoms with Crippen molar-refractivity contribution in [1.82, 2.24) is 0 Å². The quantitative estimate of drug-likeness (QED) is 0.403. The monoisotopic (exact) mass is 338 g/mol. The van der Waals surface area contributed by atoms with Gasteiger partial charge in [-0.2, -0.15) is 0 Å². The number of benzene rings is 1. The molecule has 0 radical (unpaired) electrons. The molecule has 0 amide bonds. The van der Waals surface area contributed by atoms with Gasteiger partial charge in [-0.15, -0.1) is 0 Å². The van der Waals surface area contributed by atoms with Gasteiger partial charge in [0.2, 0.25) is 0 Å². The van der Waals surface area contributed by atoms with Crippen molar-refractivity contribution in [3.8, 4) is 17.2 Å². The molecule has 0 aliphatic carbocycles. The number of aromatic carboxylic acids is 1. The van der Waals surface area contributed by atoms with E-state index >= 15 is 0 Å². The standard InChI is InChI=1S/C19H30O5/c1-4-7-8-9-12-24-18-14(11-6-3)13(10-5-2)16(20)17(21)15(18)19(22)23/h20-21H,4-12H2,1-3H3,(H,22,23). The molecule has 0 heterocycles. The zero-order valence-electron chi connectivity index (χ0n) is 15.0. The van der Waals surface area contributed by atoms with E-state index in [9.17, 15) is 20.1 Å². The first-order valence-electron chi connectivity index (χ1n) is 8.95. The molecule has 1 rings (SSSR count). The molecule has 24 heavy (non-hydrogen) atoms. The van der Waals surface area contributed by atoms with E-state index in [0.717, 1.165) is 38.5 Å². The predicted octanol–water partition coefficient (Wildman–Crippen LogP) is 4.66. The summed E-state index contributed by atoms with van der Waals surface area (Å²) in [4.78, 5) is 11.6. The minimum atomic E-state index is -1.29. The number of rotatable bonds is 11. The van der Waals surface area contributed by atoms with Gasteiger partial charge in [-0.3, -0.25) is 0 Å². The molecule has 5 nitrogen and oxygen atoms in total. The van der Waals surface area contributed by atoms with E-state index in [1.165, 1.54) is 0 Å². The number of carboxylic acids is 1. The molecule has 136 valence electrons. The third-order valence-electron chi connectivity index (χ3n) is 4.07. The molecule has 0 atom stereocenters. The van der Waals surface area contributed by atoms with Crippen molar-refractivity contribution in [2.75, 3.05) is 6.61 Å². The Kier molecular flexibility index (Phi) is 8.44. The van der Waals surface area contributed by atoms with Crippen LogP contribution >= 0.6 is 0 Å². The fourth-order valence-electron chi connectivity index (χ4n) is 2.89. The highest BCUT2D eigenvalue weighted by atomic mass is 16.5. The number of hydrogen-bond acceptors (Lipinski definition) is 4. The Balaban J connectivity index is 3.29. The minimum Gasteiger partial charge on any atom is -0.504 e. The van der Waals surface area contributed by atoms with Crippen molar-refractivity contribution in [2.45, 2.75) is 72.1 Å². The molecule has 3 N–H and O–H groups in total. The Morgan fingerprint density at radius 1 is 0.875 bits per heavy atom. The van der Waals surface area contributed by atoms with Gasteiger partial charge in [-0.1, -0.05) is 52.9 Å². The van der Waals surface area contributed by atoms with Crippen LogP contribution in [-0.4, -0.2) is 27.9 Å². The highest BCUT2D eigenvalue weighted by molar-refractivity contribution is 5.96. The summed E-state index contributed by atoms with van der Waals surface area (Å²) < 4.78 is 5.80. The van der Waals surface area contributed by atoms with Crippen molar-refractivity contribution >= 4 is 5.97 Å². The number of carbonyl (C=O) groups is 1. The summed E-state index contributed by atoms with van der Waals surface area (Å²) >= 11 is 0. The molecule has 0 bridgehead atoms. The highest BCUT2D eigenvalue weighted by Crippen LogP contribution is 2.44. The number of carboxylic acid groups (broad SMARTS) is 1. The van der Waals surface area contributed by atoms with Crippen molar-refractivity contribution in [3.63, 3.8) is 0 Å². The van der Waals surface area contributed by atoms with Crippen molar-refractivity contribution < 1.29 is 24.9 Å². The Bertz CT molecular complexity index is 551. The number of phenolic OH excluding ortho intramolecular Hbond substituents is 1. The van der Waals surface area contributed by atoms with E-state index in [-0.39, 0.29) is 17.1 Å². The van der Waals surface area contributed by atoms with Crippen LogP contribution in [0.1, 0.15) is 80.8 Å². The van der Waals surface area contributed by atoms with E-state index in [0.29, 0.717) is 30.6 Å². The Morgan fingerprint density at radius 2 is 1.50 bits per heavy atom. The molecule has 1 aromatic rings. The molecule has 1 aromatic carbocycles. The van der Waals surface area contributed by atoms with Gasteiger partial charge in [-0.25, -0.2) is 4.79 Å². The second-order valence-electron chi connectivity index (χ2n) is 6.07. The van der Waals surface area contributed by atoms with Crippen LogP contribution in [0.2, 0.25) is 0 Å². The van der Waals surface area contributed by atoms with Gasteiger partial charge < -0.3 is 20.1 Å². The molecule has 0 unspecified atom stereocenters. The van der Waals surface area contributed by atoms with E-state index < -0.39 is 11.7 Å². The predicted molar refractivity (Wildman–Crippen MR) is 94.4 cm³/mol. The zero-order chi connectivity index (χ0) is 18.1. The lowest BCUT2D eigenvalue weighted by atomic mass is 9.93. The van der Waals surface area contributed by atoms with Crippen molar-refractivity contribution in [3.05, 3.63) is 16.7 Å². The summed E-state index contributed by atoms with van der Waals surface area (Å²) in [6.07, 6.45) is 6.84. The first-order chi connectivity index (χ1) is 11.5. The molecule has 0 aliphatic heterocycles. The summed E-state index contributed by atoms with van der Waals surface area (Å²) in [6, 6.07) is 0. The lowest BCUT2D eigenvalue weighted by molar-refractivity contribution is 0.0687. The molecule has 0 fully saturated rings. The van der Waals surface area contributed by atoms with Crippen molar-refractivity contribution in [2.24, 2.45) is 0 Å². The second-order valence-corrected chi connectivity index (χ2v) is 6.07.